The van der Waals surface area contributed by atoms with Crippen LogP contribution in [0.25, 0.3) is 11.0 Å². The van der Waals surface area contributed by atoms with Gasteiger partial charge in [-0.15, -0.1) is 0 Å². The number of carboxylic acids is 1. The molecule has 2 rings (SSSR count). The van der Waals surface area contributed by atoms with Gasteiger partial charge in [0.2, 0.25) is 0 Å². The van der Waals surface area contributed by atoms with E-state index in [4.69, 9.17) is 10.8 Å². The SMILES string of the molecule is Nc1ncnc2c1c(C(=O)O)nn2CCC(F)(F)F. The lowest BCUT2D eigenvalue weighted by Crippen LogP contribution is -2.13. The van der Waals surface area contributed by atoms with Gasteiger partial charge in [-0.1, -0.05) is 0 Å². The normalized spacial score (nSPS) is 11.9. The molecule has 19 heavy (non-hydrogen) atoms. The first-order valence-electron chi connectivity index (χ1n) is 5.06. The van der Waals surface area contributed by atoms with Gasteiger partial charge in [-0.05, 0) is 0 Å². The van der Waals surface area contributed by atoms with Crippen LogP contribution in [-0.4, -0.2) is 37.0 Å². The van der Waals surface area contributed by atoms with Crippen LogP contribution in [0, 0.1) is 0 Å². The number of fused-ring (bicyclic) bond motifs is 1. The fourth-order valence-corrected chi connectivity index (χ4v) is 1.57. The van der Waals surface area contributed by atoms with Gasteiger partial charge in [-0.2, -0.15) is 18.3 Å². The van der Waals surface area contributed by atoms with Gasteiger partial charge in [-0.3, -0.25) is 0 Å². The third-order valence-corrected chi connectivity index (χ3v) is 2.37. The molecule has 2 heterocycles. The first-order chi connectivity index (χ1) is 8.79. The van der Waals surface area contributed by atoms with Gasteiger partial charge in [0.25, 0.3) is 0 Å². The number of carboxylic acid groups (broad SMARTS) is 1. The lowest BCUT2D eigenvalue weighted by atomic mass is 10.3. The Morgan fingerprint density at radius 3 is 2.68 bits per heavy atom. The van der Waals surface area contributed by atoms with Crippen molar-refractivity contribution in [2.75, 3.05) is 5.73 Å². The summed E-state index contributed by atoms with van der Waals surface area (Å²) in [5.41, 5.74) is 5.00. The maximum atomic E-state index is 12.2. The molecule has 0 aliphatic carbocycles. The number of aryl methyl sites for hydroxylation is 1. The van der Waals surface area contributed by atoms with E-state index >= 15 is 0 Å². The van der Waals surface area contributed by atoms with E-state index < -0.39 is 30.8 Å². The fraction of sp³-hybridized carbons (Fsp3) is 0.333. The molecule has 0 unspecified atom stereocenters. The van der Waals surface area contributed by atoms with E-state index in [1.807, 2.05) is 0 Å². The Hall–Kier alpha value is -2.39. The summed E-state index contributed by atoms with van der Waals surface area (Å²) in [6, 6.07) is 0. The topological polar surface area (TPSA) is 107 Å². The highest BCUT2D eigenvalue weighted by atomic mass is 19.4. The molecule has 7 nitrogen and oxygen atoms in total. The second-order valence-electron chi connectivity index (χ2n) is 3.70. The van der Waals surface area contributed by atoms with Crippen LogP contribution in [0.5, 0.6) is 0 Å². The van der Waals surface area contributed by atoms with Gasteiger partial charge in [-0.25, -0.2) is 19.4 Å². The molecule has 0 saturated carbocycles. The molecule has 0 aliphatic rings. The van der Waals surface area contributed by atoms with Crippen LogP contribution >= 0.6 is 0 Å². The summed E-state index contributed by atoms with van der Waals surface area (Å²) in [5, 5.41) is 12.5. The van der Waals surface area contributed by atoms with Crippen molar-refractivity contribution in [1.82, 2.24) is 19.7 Å². The number of hydrogen-bond donors (Lipinski definition) is 2. The number of alkyl halides is 3. The van der Waals surface area contributed by atoms with Gasteiger partial charge in [0.05, 0.1) is 18.4 Å². The Bertz CT molecular complexity index is 637. The fourth-order valence-electron chi connectivity index (χ4n) is 1.57. The number of anilines is 1. The Morgan fingerprint density at radius 1 is 1.42 bits per heavy atom. The molecule has 0 atom stereocenters. The Labute approximate surface area is 103 Å². The third-order valence-electron chi connectivity index (χ3n) is 2.37. The number of aromatic nitrogens is 4. The number of carbonyl (C=O) groups is 1. The molecule has 2 aromatic heterocycles. The summed E-state index contributed by atoms with van der Waals surface area (Å²) in [7, 11) is 0. The van der Waals surface area contributed by atoms with Crippen molar-refractivity contribution in [1.29, 1.82) is 0 Å². The van der Waals surface area contributed by atoms with Crippen LogP contribution in [0.2, 0.25) is 0 Å². The van der Waals surface area contributed by atoms with Crippen molar-refractivity contribution in [3.63, 3.8) is 0 Å². The monoisotopic (exact) mass is 275 g/mol. The molecule has 0 aromatic carbocycles. The maximum Gasteiger partial charge on any atom is 0.390 e. The molecule has 0 amide bonds. The zero-order valence-electron chi connectivity index (χ0n) is 9.35. The minimum atomic E-state index is -4.37. The number of nitrogen functional groups attached to an aromatic ring is 1. The largest absolute Gasteiger partial charge is 0.476 e. The van der Waals surface area contributed by atoms with Crippen molar-refractivity contribution < 1.29 is 23.1 Å². The lowest BCUT2D eigenvalue weighted by molar-refractivity contribution is -0.137. The average molecular weight is 275 g/mol. The van der Waals surface area contributed by atoms with Crippen LogP contribution in [0.1, 0.15) is 16.9 Å². The summed E-state index contributed by atoms with van der Waals surface area (Å²) < 4.78 is 37.4. The smallest absolute Gasteiger partial charge is 0.390 e. The van der Waals surface area contributed by atoms with Crippen molar-refractivity contribution in [3.8, 4) is 0 Å². The molecule has 10 heteroatoms. The van der Waals surface area contributed by atoms with E-state index in [9.17, 15) is 18.0 Å². The van der Waals surface area contributed by atoms with Crippen LogP contribution in [-0.2, 0) is 6.54 Å². The Kier molecular flexibility index (Phi) is 3.00. The van der Waals surface area contributed by atoms with E-state index in [0.717, 1.165) is 11.0 Å². The predicted molar refractivity (Wildman–Crippen MR) is 57.4 cm³/mol. The summed E-state index contributed by atoms with van der Waals surface area (Å²) in [4.78, 5) is 18.3. The zero-order valence-corrected chi connectivity index (χ0v) is 9.35. The minimum Gasteiger partial charge on any atom is -0.476 e. The Morgan fingerprint density at radius 2 is 2.11 bits per heavy atom. The number of rotatable bonds is 3. The van der Waals surface area contributed by atoms with Crippen LogP contribution in [0.15, 0.2) is 6.33 Å². The highest BCUT2D eigenvalue weighted by Crippen LogP contribution is 2.24. The molecule has 0 bridgehead atoms. The number of halogens is 3. The summed E-state index contributed by atoms with van der Waals surface area (Å²) in [5.74, 6) is -1.54. The molecule has 2 aromatic rings. The first-order valence-corrected chi connectivity index (χ1v) is 5.06. The highest BCUT2D eigenvalue weighted by molar-refractivity contribution is 6.04. The van der Waals surface area contributed by atoms with Gasteiger partial charge in [0, 0.05) is 0 Å². The molecule has 0 saturated heterocycles. The van der Waals surface area contributed by atoms with E-state index in [-0.39, 0.29) is 16.9 Å². The van der Waals surface area contributed by atoms with Gasteiger partial charge in [0.15, 0.2) is 11.3 Å². The van der Waals surface area contributed by atoms with Crippen molar-refractivity contribution in [2.24, 2.45) is 0 Å². The van der Waals surface area contributed by atoms with E-state index in [2.05, 4.69) is 15.1 Å². The average Bonchev–Trinajstić information content (AvgIpc) is 2.66. The molecule has 0 fully saturated rings. The molecule has 3 N–H and O–H groups in total. The highest BCUT2D eigenvalue weighted by Gasteiger charge is 2.28. The summed E-state index contributed by atoms with van der Waals surface area (Å²) >= 11 is 0. The molecular weight excluding hydrogens is 267 g/mol. The molecule has 0 radical (unpaired) electrons. The minimum absolute atomic E-state index is 0.0332. The number of nitrogens with two attached hydrogens (primary N) is 1. The van der Waals surface area contributed by atoms with Crippen molar-refractivity contribution in [2.45, 2.75) is 19.1 Å². The van der Waals surface area contributed by atoms with Crippen molar-refractivity contribution >= 4 is 22.8 Å². The second kappa shape index (κ2) is 4.37. The second-order valence-corrected chi connectivity index (χ2v) is 3.70. The summed E-state index contributed by atoms with van der Waals surface area (Å²) in [6.45, 7) is -0.538. The Balaban J connectivity index is 2.51. The number of nitrogens with zero attached hydrogens (tertiary/aromatic N) is 4. The van der Waals surface area contributed by atoms with Gasteiger partial charge in [0.1, 0.15) is 12.1 Å². The predicted octanol–water partition coefficient (Wildman–Crippen LogP) is 1.06. The number of hydrogen-bond acceptors (Lipinski definition) is 5. The lowest BCUT2D eigenvalue weighted by Gasteiger charge is -2.06. The molecule has 0 aliphatic heterocycles. The number of aromatic carboxylic acids is 1. The van der Waals surface area contributed by atoms with E-state index in [1.54, 1.807) is 0 Å². The van der Waals surface area contributed by atoms with Crippen LogP contribution < -0.4 is 5.73 Å². The maximum absolute atomic E-state index is 12.2. The first kappa shape index (κ1) is 13.1. The van der Waals surface area contributed by atoms with Crippen molar-refractivity contribution in [3.05, 3.63) is 12.0 Å². The zero-order chi connectivity index (χ0) is 14.2. The molecular formula is C9H8F3N5O2. The molecule has 0 spiro atoms. The molecule has 102 valence electrons. The van der Waals surface area contributed by atoms with Gasteiger partial charge >= 0.3 is 12.1 Å². The van der Waals surface area contributed by atoms with Crippen LogP contribution in [0.3, 0.4) is 0 Å². The van der Waals surface area contributed by atoms with Gasteiger partial charge < -0.3 is 10.8 Å². The summed E-state index contributed by atoms with van der Waals surface area (Å²) in [6.07, 6.45) is -4.48. The quantitative estimate of drug-likeness (QED) is 0.867. The third kappa shape index (κ3) is 2.56. The van der Waals surface area contributed by atoms with E-state index in [0.29, 0.717) is 0 Å². The van der Waals surface area contributed by atoms with Crippen LogP contribution in [0.4, 0.5) is 19.0 Å². The van der Waals surface area contributed by atoms with E-state index in [1.165, 1.54) is 0 Å². The standard InChI is InChI=1S/C9H8F3N5O2/c10-9(11,12)1-2-17-7-4(5(16-17)8(18)19)6(13)14-3-15-7/h3H,1-2H2,(H,18,19)(H2,13,14,15).